The second-order valence-corrected chi connectivity index (χ2v) is 8.55. The van der Waals surface area contributed by atoms with Crippen molar-refractivity contribution in [3.05, 3.63) is 43.8 Å². The minimum Gasteiger partial charge on any atom is -0.462 e. The van der Waals surface area contributed by atoms with Crippen molar-refractivity contribution in [2.24, 2.45) is 0 Å². The van der Waals surface area contributed by atoms with Crippen LogP contribution < -0.4 is 24.8 Å². The van der Waals surface area contributed by atoms with Crippen molar-refractivity contribution in [1.29, 1.82) is 5.26 Å². The predicted molar refractivity (Wildman–Crippen MR) is 112 cm³/mol. The number of nitrogens with one attached hydrogen (secondary N) is 2. The summed E-state index contributed by atoms with van der Waals surface area (Å²) in [5.74, 6) is -0.771. The van der Waals surface area contributed by atoms with Crippen LogP contribution in [0.4, 0.5) is 11.4 Å². The number of thiazole rings is 1. The molecule has 2 rings (SSSR count). The van der Waals surface area contributed by atoms with E-state index >= 15 is 0 Å². The molecule has 1 heterocycles. The Morgan fingerprint density at radius 1 is 1.28 bits per heavy atom. The van der Waals surface area contributed by atoms with Gasteiger partial charge in [-0.15, -0.1) is 11.3 Å². The molecule has 0 fully saturated rings. The molecule has 2 N–H and O–H groups in total. The average Bonchev–Trinajstić information content (AvgIpc) is 2.96. The van der Waals surface area contributed by atoms with Crippen molar-refractivity contribution < 1.29 is 17.9 Å². The SMILES string of the molecule is CCOC(=O)/C(C#N)=c1\s/c(=C/Nc2ccc(NS(C)(=O)=O)cc2)c(=O)n1CC. The first-order valence-electron chi connectivity index (χ1n) is 8.55. The lowest BCUT2D eigenvalue weighted by atomic mass is 10.3. The number of ether oxygens (including phenoxy) is 1. The van der Waals surface area contributed by atoms with Crippen LogP contribution in [0.15, 0.2) is 29.1 Å². The molecule has 2 aromatic rings. The Bertz CT molecular complexity index is 1220. The molecule has 154 valence electrons. The highest BCUT2D eigenvalue weighted by Gasteiger charge is 2.16. The van der Waals surface area contributed by atoms with Crippen molar-refractivity contribution in [2.75, 3.05) is 22.9 Å². The fraction of sp³-hybridized carbons (Fsp3) is 0.278. The highest BCUT2D eigenvalue weighted by atomic mass is 32.2. The minimum absolute atomic E-state index is 0.121. The van der Waals surface area contributed by atoms with E-state index < -0.39 is 16.0 Å². The number of nitrogens with zero attached hydrogens (tertiary/aromatic N) is 2. The number of hydrogen-bond donors (Lipinski definition) is 2. The molecule has 9 nitrogen and oxygen atoms in total. The van der Waals surface area contributed by atoms with Crippen molar-refractivity contribution >= 4 is 50.5 Å². The molecule has 0 unspecified atom stereocenters. The molecule has 0 saturated carbocycles. The number of hydrogen-bond acceptors (Lipinski definition) is 8. The second kappa shape index (κ2) is 9.40. The highest BCUT2D eigenvalue weighted by Crippen LogP contribution is 2.14. The van der Waals surface area contributed by atoms with E-state index in [-0.39, 0.29) is 28.9 Å². The van der Waals surface area contributed by atoms with Gasteiger partial charge in [0.1, 0.15) is 15.3 Å². The number of aromatic nitrogens is 1. The van der Waals surface area contributed by atoms with E-state index in [1.54, 1.807) is 38.1 Å². The normalized spacial score (nSPS) is 12.8. The first kappa shape index (κ1) is 22.2. The molecule has 11 heteroatoms. The van der Waals surface area contributed by atoms with Gasteiger partial charge >= 0.3 is 5.97 Å². The lowest BCUT2D eigenvalue weighted by Crippen LogP contribution is -2.32. The van der Waals surface area contributed by atoms with Crippen LogP contribution in [0.1, 0.15) is 13.8 Å². The van der Waals surface area contributed by atoms with Gasteiger partial charge in [-0.05, 0) is 38.1 Å². The summed E-state index contributed by atoms with van der Waals surface area (Å²) in [5, 5.41) is 12.3. The fourth-order valence-electron chi connectivity index (χ4n) is 2.37. The van der Waals surface area contributed by atoms with Crippen molar-refractivity contribution in [2.45, 2.75) is 20.4 Å². The third kappa shape index (κ3) is 5.69. The summed E-state index contributed by atoms with van der Waals surface area (Å²) in [4.78, 5) is 24.6. The molecule has 0 bridgehead atoms. The largest absolute Gasteiger partial charge is 0.462 e. The van der Waals surface area contributed by atoms with Crippen LogP contribution in [0.3, 0.4) is 0 Å². The van der Waals surface area contributed by atoms with Crippen LogP contribution in [-0.2, 0) is 26.1 Å². The van der Waals surface area contributed by atoms with Crippen molar-refractivity contribution in [3.8, 4) is 6.07 Å². The molecule has 0 amide bonds. The molecule has 1 aromatic carbocycles. The maximum Gasteiger partial charge on any atom is 0.351 e. The number of anilines is 2. The molecule has 0 saturated heterocycles. The van der Waals surface area contributed by atoms with E-state index in [1.165, 1.54) is 10.8 Å². The van der Waals surface area contributed by atoms with Gasteiger partial charge in [0.15, 0.2) is 5.57 Å². The number of rotatable bonds is 7. The second-order valence-electron chi connectivity index (χ2n) is 5.77. The third-order valence-corrected chi connectivity index (χ3v) is 5.32. The standard InChI is InChI=1S/C18H20N4O5S2/c1-4-22-16(23)15(28-17(22)14(10-19)18(24)27-5-2)11-20-12-6-8-13(9-7-12)21-29(3,25)26/h6-9,11,20-21H,4-5H2,1-3H3/b15-11+,17-14-. The van der Waals surface area contributed by atoms with Gasteiger partial charge in [-0.1, -0.05) is 0 Å². The van der Waals surface area contributed by atoms with Crippen molar-refractivity contribution in [1.82, 2.24) is 4.57 Å². The quantitative estimate of drug-likeness (QED) is 0.600. The smallest absolute Gasteiger partial charge is 0.351 e. The molecule has 0 radical (unpaired) electrons. The average molecular weight is 437 g/mol. The Balaban J connectivity index is 2.42. The molecular weight excluding hydrogens is 416 g/mol. The Hall–Kier alpha value is -3.10. The Morgan fingerprint density at radius 2 is 1.90 bits per heavy atom. The van der Waals surface area contributed by atoms with Gasteiger partial charge in [-0.25, -0.2) is 13.2 Å². The number of carbonyl (C=O) groups is 1. The van der Waals surface area contributed by atoms with Gasteiger partial charge in [-0.2, -0.15) is 5.26 Å². The van der Waals surface area contributed by atoms with E-state index in [0.717, 1.165) is 17.6 Å². The zero-order chi connectivity index (χ0) is 21.6. The monoisotopic (exact) mass is 436 g/mol. The molecule has 0 atom stereocenters. The van der Waals surface area contributed by atoms with Gasteiger partial charge in [0.05, 0.1) is 12.9 Å². The van der Waals surface area contributed by atoms with Crippen LogP contribution in [0.5, 0.6) is 0 Å². The first-order chi connectivity index (χ1) is 13.7. The van der Waals surface area contributed by atoms with Crippen molar-refractivity contribution in [3.63, 3.8) is 0 Å². The highest BCUT2D eigenvalue weighted by molar-refractivity contribution is 7.92. The van der Waals surface area contributed by atoms with E-state index in [0.29, 0.717) is 15.9 Å². The molecule has 0 aliphatic carbocycles. The maximum absolute atomic E-state index is 12.6. The summed E-state index contributed by atoms with van der Waals surface area (Å²) in [7, 11) is -3.36. The summed E-state index contributed by atoms with van der Waals surface area (Å²) in [6, 6.07) is 8.25. The van der Waals surface area contributed by atoms with E-state index in [2.05, 4.69) is 10.0 Å². The summed E-state index contributed by atoms with van der Waals surface area (Å²) in [6.07, 6.45) is 2.53. The number of nitriles is 1. The Labute approximate surface area is 171 Å². The molecule has 0 aliphatic rings. The summed E-state index contributed by atoms with van der Waals surface area (Å²) >= 11 is 1.01. The van der Waals surface area contributed by atoms with Crippen LogP contribution in [0.25, 0.3) is 11.8 Å². The lowest BCUT2D eigenvalue weighted by Gasteiger charge is -2.05. The minimum atomic E-state index is -3.36. The Morgan fingerprint density at radius 3 is 2.41 bits per heavy atom. The van der Waals surface area contributed by atoms with E-state index in [9.17, 15) is 23.3 Å². The maximum atomic E-state index is 12.6. The van der Waals surface area contributed by atoms with Gasteiger partial charge in [0.25, 0.3) is 5.56 Å². The number of sulfonamides is 1. The molecule has 29 heavy (non-hydrogen) atoms. The molecular formula is C18H20N4O5S2. The number of benzene rings is 1. The summed E-state index contributed by atoms with van der Waals surface area (Å²) < 4.78 is 31.6. The zero-order valence-electron chi connectivity index (χ0n) is 16.1. The third-order valence-electron chi connectivity index (χ3n) is 3.59. The van der Waals surface area contributed by atoms with Gasteiger partial charge in [0.2, 0.25) is 10.0 Å². The van der Waals surface area contributed by atoms with Crippen LogP contribution >= 0.6 is 11.3 Å². The van der Waals surface area contributed by atoms with Crippen LogP contribution in [0.2, 0.25) is 0 Å². The zero-order valence-corrected chi connectivity index (χ0v) is 17.7. The van der Waals surface area contributed by atoms with E-state index in [4.69, 9.17) is 4.74 Å². The Kier molecular flexibility index (Phi) is 7.19. The topological polar surface area (TPSA) is 130 Å². The van der Waals surface area contributed by atoms with Crippen LogP contribution in [-0.4, -0.2) is 31.8 Å². The lowest BCUT2D eigenvalue weighted by molar-refractivity contribution is -0.136. The summed E-state index contributed by atoms with van der Waals surface area (Å²) in [5.41, 5.74) is 0.475. The number of carbonyl (C=O) groups excluding carboxylic acids is 1. The van der Waals surface area contributed by atoms with Crippen LogP contribution in [0, 0.1) is 11.3 Å². The van der Waals surface area contributed by atoms with E-state index in [1.807, 2.05) is 6.07 Å². The van der Waals surface area contributed by atoms with Gasteiger partial charge in [0, 0.05) is 24.1 Å². The first-order valence-corrected chi connectivity index (χ1v) is 11.3. The molecule has 1 aromatic heterocycles. The van der Waals surface area contributed by atoms with Gasteiger partial charge in [-0.3, -0.25) is 14.1 Å². The molecule has 0 spiro atoms. The number of esters is 1. The predicted octanol–water partition coefficient (Wildman–Crippen LogP) is 0.389. The molecule has 0 aliphatic heterocycles. The van der Waals surface area contributed by atoms with Gasteiger partial charge < -0.3 is 10.1 Å². The summed E-state index contributed by atoms with van der Waals surface area (Å²) in [6.45, 7) is 3.78. The fourth-order valence-corrected chi connectivity index (χ4v) is 4.02.